The molecule has 0 atom stereocenters. The minimum absolute atomic E-state index is 0.0279. The molecule has 0 aliphatic rings. The highest BCUT2D eigenvalue weighted by Crippen LogP contribution is 2.28. The molecule has 0 spiro atoms. The van der Waals surface area contributed by atoms with Crippen molar-refractivity contribution >= 4 is 30.3 Å². The first-order valence-electron chi connectivity index (χ1n) is 19.7. The van der Waals surface area contributed by atoms with Gasteiger partial charge in [0.2, 0.25) is 6.79 Å². The zero-order valence-corrected chi connectivity index (χ0v) is 34.0. The van der Waals surface area contributed by atoms with Crippen LogP contribution in [0.3, 0.4) is 0 Å². The van der Waals surface area contributed by atoms with Crippen molar-refractivity contribution < 1.29 is 52.3 Å². The first-order valence-corrected chi connectivity index (χ1v) is 19.7. The maximum atomic E-state index is 12.7. The highest BCUT2D eigenvalue weighted by Gasteiger charge is 2.10. The number of ether oxygens (including phenoxy) is 8. The third-order valence-electron chi connectivity index (χ3n) is 8.55. The lowest BCUT2D eigenvalue weighted by atomic mass is 10.2. The minimum atomic E-state index is -0.483. The van der Waals surface area contributed by atoms with Crippen molar-refractivity contribution in [3.8, 4) is 34.5 Å². The first kappa shape index (κ1) is 45.8. The van der Waals surface area contributed by atoms with E-state index in [0.29, 0.717) is 60.7 Å². The van der Waals surface area contributed by atoms with Crippen LogP contribution in [0, 0.1) is 0 Å². The molecule has 13 nitrogen and oxygen atoms in total. The second-order valence-electron chi connectivity index (χ2n) is 13.0. The maximum absolute atomic E-state index is 12.7. The molecule has 0 saturated heterocycles. The number of carbonyl (C=O) groups is 3. The van der Waals surface area contributed by atoms with Gasteiger partial charge in [-0.3, -0.25) is 0 Å². The second-order valence-corrected chi connectivity index (χ2v) is 13.0. The Morgan fingerprint density at radius 2 is 0.983 bits per heavy atom. The number of rotatable bonds is 28. The summed E-state index contributed by atoms with van der Waals surface area (Å²) in [7, 11) is 1.55. The molecule has 0 unspecified atom stereocenters. The van der Waals surface area contributed by atoms with E-state index in [1.165, 1.54) is 6.08 Å². The number of esters is 3. The van der Waals surface area contributed by atoms with Gasteiger partial charge in [-0.15, -0.1) is 0 Å². The van der Waals surface area contributed by atoms with Crippen molar-refractivity contribution in [2.45, 2.75) is 51.4 Å². The Balaban J connectivity index is 1.11. The van der Waals surface area contributed by atoms with Crippen molar-refractivity contribution in [2.75, 3.05) is 40.3 Å². The van der Waals surface area contributed by atoms with Gasteiger partial charge in [-0.25, -0.2) is 14.4 Å². The standard InChI is InChI=1S/C47H52N2O11/c1-4-45(50)56-30-12-8-6-10-28-54-39-21-17-38(18-22-39)47(52)60-42-19-14-36(15-20-42)33-48-49-34-37-16-27-43(44(32-37)53-3)59-35-58-41-25-23-40(24-26-41)55-29-11-7-9-13-31-57-46(51)5-2/h4-5,14-27,32-34H,1-2,6-13,28-31,35H2,3H3/b48-33+,49-34+. The molecule has 316 valence electrons. The highest BCUT2D eigenvalue weighted by molar-refractivity contribution is 5.91. The Morgan fingerprint density at radius 1 is 0.517 bits per heavy atom. The van der Waals surface area contributed by atoms with E-state index in [0.717, 1.165) is 74.3 Å². The van der Waals surface area contributed by atoms with E-state index in [4.69, 9.17) is 37.9 Å². The molecule has 0 fully saturated rings. The number of carbonyl (C=O) groups excluding carboxylic acids is 3. The van der Waals surface area contributed by atoms with E-state index in [-0.39, 0.29) is 6.79 Å². The topological polar surface area (TPSA) is 150 Å². The molecule has 13 heteroatoms. The normalized spacial score (nSPS) is 10.8. The van der Waals surface area contributed by atoms with Gasteiger partial charge in [0.05, 0.1) is 51.5 Å². The zero-order chi connectivity index (χ0) is 42.6. The summed E-state index contributed by atoms with van der Waals surface area (Å²) in [6.07, 6.45) is 12.7. The summed E-state index contributed by atoms with van der Waals surface area (Å²) in [6.45, 7) is 8.66. The van der Waals surface area contributed by atoms with Crippen LogP contribution in [0.25, 0.3) is 0 Å². The highest BCUT2D eigenvalue weighted by atomic mass is 16.7. The van der Waals surface area contributed by atoms with E-state index in [2.05, 4.69) is 23.4 Å². The van der Waals surface area contributed by atoms with E-state index >= 15 is 0 Å². The summed E-state index contributed by atoms with van der Waals surface area (Å²) >= 11 is 0. The number of hydrogen-bond donors (Lipinski definition) is 0. The molecule has 0 bridgehead atoms. The first-order chi connectivity index (χ1) is 29.4. The molecule has 0 saturated carbocycles. The third kappa shape index (κ3) is 17.7. The fraction of sp³-hybridized carbons (Fsp3) is 0.298. The number of hydrogen-bond acceptors (Lipinski definition) is 13. The summed E-state index contributed by atoms with van der Waals surface area (Å²) in [5.41, 5.74) is 1.92. The maximum Gasteiger partial charge on any atom is 0.343 e. The summed E-state index contributed by atoms with van der Waals surface area (Å²) in [6, 6.07) is 26.4. The van der Waals surface area contributed by atoms with Crippen LogP contribution >= 0.6 is 0 Å². The number of methoxy groups -OCH3 is 1. The molecule has 0 N–H and O–H groups in total. The quantitative estimate of drug-likeness (QED) is 0.0103. The van der Waals surface area contributed by atoms with E-state index in [9.17, 15) is 14.4 Å². The molecule has 0 amide bonds. The molecule has 0 aromatic heterocycles. The molecule has 60 heavy (non-hydrogen) atoms. The van der Waals surface area contributed by atoms with Gasteiger partial charge in [0.25, 0.3) is 0 Å². The fourth-order valence-corrected chi connectivity index (χ4v) is 5.31. The van der Waals surface area contributed by atoms with Crippen LogP contribution in [0.1, 0.15) is 72.9 Å². The van der Waals surface area contributed by atoms with Gasteiger partial charge in [-0.05, 0) is 153 Å². The molecule has 0 aliphatic heterocycles. The summed E-state index contributed by atoms with van der Waals surface area (Å²) < 4.78 is 44.1. The number of unbranched alkanes of at least 4 members (excludes halogenated alkanes) is 6. The molecule has 4 rings (SSSR count). The van der Waals surface area contributed by atoms with Crippen molar-refractivity contribution in [3.05, 3.63) is 133 Å². The Labute approximate surface area is 351 Å². The van der Waals surface area contributed by atoms with Crippen molar-refractivity contribution in [2.24, 2.45) is 10.2 Å². The summed E-state index contributed by atoms with van der Waals surface area (Å²) in [5.74, 6) is 2.17. The predicted molar refractivity (Wildman–Crippen MR) is 229 cm³/mol. The Morgan fingerprint density at radius 3 is 1.52 bits per heavy atom. The molecule has 4 aromatic carbocycles. The Kier molecular flexibility index (Phi) is 20.6. The summed E-state index contributed by atoms with van der Waals surface area (Å²) in [4.78, 5) is 34.8. The molecule has 0 radical (unpaired) electrons. The summed E-state index contributed by atoms with van der Waals surface area (Å²) in [5, 5.41) is 8.28. The predicted octanol–water partition coefficient (Wildman–Crippen LogP) is 9.12. The van der Waals surface area contributed by atoms with Crippen LogP contribution in [0.4, 0.5) is 0 Å². The molecular weight excluding hydrogens is 769 g/mol. The third-order valence-corrected chi connectivity index (χ3v) is 8.55. The fourth-order valence-electron chi connectivity index (χ4n) is 5.31. The van der Waals surface area contributed by atoms with E-state index < -0.39 is 17.9 Å². The smallest absolute Gasteiger partial charge is 0.343 e. The van der Waals surface area contributed by atoms with Gasteiger partial charge in [0, 0.05) is 12.2 Å². The molecule has 0 aliphatic carbocycles. The van der Waals surface area contributed by atoms with Crippen LogP contribution in [-0.2, 0) is 19.1 Å². The van der Waals surface area contributed by atoms with Crippen LogP contribution in [0.5, 0.6) is 34.5 Å². The van der Waals surface area contributed by atoms with E-state index in [1.54, 1.807) is 80.2 Å². The Bertz CT molecular complexity index is 1990. The lowest BCUT2D eigenvalue weighted by molar-refractivity contribution is -0.138. The Hall–Kier alpha value is -6.89. The van der Waals surface area contributed by atoms with Gasteiger partial charge in [0.1, 0.15) is 23.0 Å². The SMILES string of the molecule is C=CC(=O)OCCCCCCOc1ccc(OCOc2ccc(/C=N/N=C/c3ccc(OC(=O)c4ccc(OCCCCCCOC(=O)C=C)cc4)cc3)cc2OC)cc1. The largest absolute Gasteiger partial charge is 0.494 e. The zero-order valence-electron chi connectivity index (χ0n) is 34.0. The van der Waals surface area contributed by atoms with Gasteiger partial charge >= 0.3 is 17.9 Å². The second kappa shape index (κ2) is 26.9. The van der Waals surface area contributed by atoms with Crippen LogP contribution in [0.2, 0.25) is 0 Å². The minimum Gasteiger partial charge on any atom is -0.494 e. The van der Waals surface area contributed by atoms with Crippen molar-refractivity contribution in [1.82, 2.24) is 0 Å². The van der Waals surface area contributed by atoms with Crippen molar-refractivity contribution in [3.63, 3.8) is 0 Å². The van der Waals surface area contributed by atoms with Crippen LogP contribution in [0.15, 0.2) is 127 Å². The molecule has 0 heterocycles. The number of benzene rings is 4. The van der Waals surface area contributed by atoms with Crippen LogP contribution in [-0.4, -0.2) is 70.7 Å². The van der Waals surface area contributed by atoms with Crippen molar-refractivity contribution in [1.29, 1.82) is 0 Å². The van der Waals surface area contributed by atoms with Gasteiger partial charge < -0.3 is 37.9 Å². The van der Waals surface area contributed by atoms with Crippen LogP contribution < -0.4 is 28.4 Å². The monoisotopic (exact) mass is 820 g/mol. The van der Waals surface area contributed by atoms with Gasteiger partial charge in [-0.1, -0.05) is 13.2 Å². The average molecular weight is 821 g/mol. The lowest BCUT2D eigenvalue weighted by Crippen LogP contribution is -2.08. The molecular formula is C47H52N2O11. The van der Waals surface area contributed by atoms with Gasteiger partial charge in [-0.2, -0.15) is 10.2 Å². The van der Waals surface area contributed by atoms with E-state index in [1.807, 2.05) is 30.3 Å². The lowest BCUT2D eigenvalue weighted by Gasteiger charge is -2.12. The molecule has 4 aromatic rings. The number of nitrogens with zero attached hydrogens (tertiary/aromatic N) is 2. The average Bonchev–Trinajstić information content (AvgIpc) is 3.28. The van der Waals surface area contributed by atoms with Gasteiger partial charge in [0.15, 0.2) is 11.5 Å².